The van der Waals surface area contributed by atoms with Crippen LogP contribution in [0.1, 0.15) is 43.1 Å². The number of rotatable bonds is 7. The highest BCUT2D eigenvalue weighted by molar-refractivity contribution is 5.78. The largest absolute Gasteiger partial charge is 0.483 e. The molecular weight excluding hydrogens is 304 g/mol. The van der Waals surface area contributed by atoms with Crippen molar-refractivity contribution in [3.63, 3.8) is 0 Å². The molecule has 1 heterocycles. The maximum absolute atomic E-state index is 12.0. The Balaban J connectivity index is 1.90. The van der Waals surface area contributed by atoms with Crippen LogP contribution in [-0.2, 0) is 4.79 Å². The Kier molecular flexibility index (Phi) is 6.12. The molecule has 1 aromatic heterocycles. The van der Waals surface area contributed by atoms with Crippen LogP contribution in [0.3, 0.4) is 0 Å². The SMILES string of the molecule is CC[C@H](C)c1ccccc1OCC(=O)NNc1nc(C)cc(C)n1. The second-order valence-corrected chi connectivity index (χ2v) is 5.78. The van der Waals surface area contributed by atoms with E-state index in [0.29, 0.717) is 11.9 Å². The number of carbonyl (C=O) groups is 1. The van der Waals surface area contributed by atoms with Crippen molar-refractivity contribution in [2.75, 3.05) is 12.0 Å². The zero-order valence-electron chi connectivity index (χ0n) is 14.6. The van der Waals surface area contributed by atoms with Gasteiger partial charge in [-0.2, -0.15) is 0 Å². The summed E-state index contributed by atoms with van der Waals surface area (Å²) in [6.07, 6.45) is 1.01. The number of ether oxygens (including phenoxy) is 1. The minimum Gasteiger partial charge on any atom is -0.483 e. The van der Waals surface area contributed by atoms with Crippen LogP contribution in [0.15, 0.2) is 30.3 Å². The molecule has 0 radical (unpaired) electrons. The highest BCUT2D eigenvalue weighted by Gasteiger charge is 2.11. The summed E-state index contributed by atoms with van der Waals surface area (Å²) >= 11 is 0. The summed E-state index contributed by atoms with van der Waals surface area (Å²) in [5.74, 6) is 1.19. The molecule has 0 aliphatic heterocycles. The minimum absolute atomic E-state index is 0.0781. The fraction of sp³-hybridized carbons (Fsp3) is 0.389. The summed E-state index contributed by atoms with van der Waals surface area (Å²) in [5.41, 5.74) is 8.03. The molecule has 0 spiro atoms. The third-order valence-electron chi connectivity index (χ3n) is 3.72. The van der Waals surface area contributed by atoms with Crippen molar-refractivity contribution in [3.05, 3.63) is 47.3 Å². The zero-order chi connectivity index (χ0) is 17.5. The standard InChI is InChI=1S/C18H24N4O2/c1-5-12(2)15-8-6-7-9-16(15)24-11-17(23)21-22-18-19-13(3)10-14(4)20-18/h6-10,12H,5,11H2,1-4H3,(H,21,23)(H,19,20,22)/t12-/m0/s1. The number of hydrazine groups is 1. The number of nitrogens with zero attached hydrogens (tertiary/aromatic N) is 2. The van der Waals surface area contributed by atoms with Gasteiger partial charge in [-0.1, -0.05) is 32.0 Å². The summed E-state index contributed by atoms with van der Waals surface area (Å²) in [6, 6.07) is 9.66. The minimum atomic E-state index is -0.295. The molecule has 24 heavy (non-hydrogen) atoms. The van der Waals surface area contributed by atoms with Crippen molar-refractivity contribution in [3.8, 4) is 5.75 Å². The maximum Gasteiger partial charge on any atom is 0.276 e. The number of para-hydroxylation sites is 1. The van der Waals surface area contributed by atoms with Gasteiger partial charge in [-0.25, -0.2) is 9.97 Å². The van der Waals surface area contributed by atoms with Crippen LogP contribution in [0.2, 0.25) is 0 Å². The predicted octanol–water partition coefficient (Wildman–Crippen LogP) is 3.13. The summed E-state index contributed by atoms with van der Waals surface area (Å²) in [6.45, 7) is 7.93. The van der Waals surface area contributed by atoms with Gasteiger partial charge in [0.25, 0.3) is 5.91 Å². The Morgan fingerprint density at radius 2 is 1.88 bits per heavy atom. The summed E-state index contributed by atoms with van der Waals surface area (Å²) in [7, 11) is 0. The highest BCUT2D eigenvalue weighted by Crippen LogP contribution is 2.28. The van der Waals surface area contributed by atoms with E-state index >= 15 is 0 Å². The smallest absolute Gasteiger partial charge is 0.276 e. The third-order valence-corrected chi connectivity index (χ3v) is 3.72. The Morgan fingerprint density at radius 1 is 1.21 bits per heavy atom. The Morgan fingerprint density at radius 3 is 2.54 bits per heavy atom. The van der Waals surface area contributed by atoms with E-state index in [-0.39, 0.29) is 12.5 Å². The Labute approximate surface area is 142 Å². The first-order valence-corrected chi connectivity index (χ1v) is 8.08. The first-order chi connectivity index (χ1) is 11.5. The molecule has 2 aromatic rings. The number of amides is 1. The van der Waals surface area contributed by atoms with Crippen LogP contribution in [0.5, 0.6) is 5.75 Å². The van der Waals surface area contributed by atoms with E-state index in [1.54, 1.807) is 0 Å². The molecule has 6 heteroatoms. The monoisotopic (exact) mass is 328 g/mol. The van der Waals surface area contributed by atoms with Crippen LogP contribution in [-0.4, -0.2) is 22.5 Å². The van der Waals surface area contributed by atoms with Crippen LogP contribution in [0.25, 0.3) is 0 Å². The van der Waals surface area contributed by atoms with Gasteiger partial charge in [-0.3, -0.25) is 15.6 Å². The molecule has 0 aliphatic rings. The number of aryl methyl sites for hydroxylation is 2. The molecule has 1 amide bonds. The molecule has 1 atom stereocenters. The normalized spacial score (nSPS) is 11.7. The van der Waals surface area contributed by atoms with Crippen molar-refractivity contribution >= 4 is 11.9 Å². The van der Waals surface area contributed by atoms with Gasteiger partial charge < -0.3 is 4.74 Å². The maximum atomic E-state index is 12.0. The van der Waals surface area contributed by atoms with Gasteiger partial charge >= 0.3 is 0 Å². The molecular formula is C18H24N4O2. The number of nitrogens with one attached hydrogen (secondary N) is 2. The molecule has 6 nitrogen and oxygen atoms in total. The number of hydrogen-bond acceptors (Lipinski definition) is 5. The number of aromatic nitrogens is 2. The lowest BCUT2D eigenvalue weighted by Gasteiger charge is -2.15. The van der Waals surface area contributed by atoms with Gasteiger partial charge in [-0.05, 0) is 43.9 Å². The van der Waals surface area contributed by atoms with Crippen molar-refractivity contribution in [2.45, 2.75) is 40.0 Å². The van der Waals surface area contributed by atoms with Crippen LogP contribution in [0.4, 0.5) is 5.95 Å². The van der Waals surface area contributed by atoms with Crippen molar-refractivity contribution in [2.24, 2.45) is 0 Å². The molecule has 1 aromatic carbocycles. The quantitative estimate of drug-likeness (QED) is 0.764. The van der Waals surface area contributed by atoms with E-state index in [1.165, 1.54) is 0 Å². The van der Waals surface area contributed by atoms with Crippen molar-refractivity contribution in [1.29, 1.82) is 0 Å². The van der Waals surface area contributed by atoms with E-state index in [9.17, 15) is 4.79 Å². The van der Waals surface area contributed by atoms with Gasteiger partial charge in [-0.15, -0.1) is 0 Å². The molecule has 0 bridgehead atoms. The number of hydrogen-bond donors (Lipinski definition) is 2. The molecule has 128 valence electrons. The lowest BCUT2D eigenvalue weighted by Crippen LogP contribution is -2.34. The molecule has 2 N–H and O–H groups in total. The van der Waals surface area contributed by atoms with Crippen LogP contribution >= 0.6 is 0 Å². The lowest BCUT2D eigenvalue weighted by molar-refractivity contribution is -0.122. The second-order valence-electron chi connectivity index (χ2n) is 5.78. The molecule has 0 fully saturated rings. The lowest BCUT2D eigenvalue weighted by atomic mass is 9.98. The first kappa shape index (κ1) is 17.7. The average molecular weight is 328 g/mol. The van der Waals surface area contributed by atoms with Crippen LogP contribution < -0.4 is 15.6 Å². The molecule has 2 rings (SSSR count). The average Bonchev–Trinajstić information content (AvgIpc) is 2.57. The number of anilines is 1. The first-order valence-electron chi connectivity index (χ1n) is 8.08. The van der Waals surface area contributed by atoms with Gasteiger partial charge in [0.2, 0.25) is 5.95 Å². The highest BCUT2D eigenvalue weighted by atomic mass is 16.5. The van der Waals surface area contributed by atoms with Crippen molar-refractivity contribution in [1.82, 2.24) is 15.4 Å². The van der Waals surface area contributed by atoms with E-state index in [2.05, 4.69) is 34.7 Å². The van der Waals surface area contributed by atoms with E-state index in [0.717, 1.165) is 29.1 Å². The van der Waals surface area contributed by atoms with Gasteiger partial charge in [0.15, 0.2) is 6.61 Å². The van der Waals surface area contributed by atoms with Gasteiger partial charge in [0.05, 0.1) is 0 Å². The van der Waals surface area contributed by atoms with Gasteiger partial charge in [0, 0.05) is 11.4 Å². The fourth-order valence-electron chi connectivity index (χ4n) is 2.33. The molecule has 0 unspecified atom stereocenters. The number of benzene rings is 1. The van der Waals surface area contributed by atoms with Crippen molar-refractivity contribution < 1.29 is 9.53 Å². The summed E-state index contributed by atoms with van der Waals surface area (Å²) in [4.78, 5) is 20.3. The summed E-state index contributed by atoms with van der Waals surface area (Å²) in [5, 5.41) is 0. The molecule has 0 saturated heterocycles. The van der Waals surface area contributed by atoms with Crippen LogP contribution in [0, 0.1) is 13.8 Å². The number of carbonyl (C=O) groups excluding carboxylic acids is 1. The second kappa shape index (κ2) is 8.29. The molecule has 0 aliphatic carbocycles. The molecule has 0 saturated carbocycles. The van der Waals surface area contributed by atoms with E-state index in [1.807, 2.05) is 44.2 Å². The third kappa shape index (κ3) is 4.94. The summed E-state index contributed by atoms with van der Waals surface area (Å²) < 4.78 is 5.66. The van der Waals surface area contributed by atoms with E-state index < -0.39 is 0 Å². The van der Waals surface area contributed by atoms with E-state index in [4.69, 9.17) is 4.74 Å². The predicted molar refractivity (Wildman–Crippen MR) is 93.9 cm³/mol. The Bertz CT molecular complexity index is 683. The topological polar surface area (TPSA) is 76.1 Å². The Hall–Kier alpha value is -2.63. The zero-order valence-corrected chi connectivity index (χ0v) is 14.6. The van der Waals surface area contributed by atoms with Gasteiger partial charge in [0.1, 0.15) is 5.75 Å². The fourth-order valence-corrected chi connectivity index (χ4v) is 2.33.